The fourth-order valence-corrected chi connectivity index (χ4v) is 3.40. The lowest BCUT2D eigenvalue weighted by Crippen LogP contribution is -2.39. The molecule has 2 aliphatic rings. The molecule has 2 N–H and O–H groups in total. The molecule has 1 atom stereocenters. The van der Waals surface area contributed by atoms with Gasteiger partial charge in [-0.25, -0.2) is 4.98 Å². The Labute approximate surface area is 149 Å². The highest BCUT2D eigenvalue weighted by Gasteiger charge is 2.27. The fourth-order valence-electron chi connectivity index (χ4n) is 3.40. The van der Waals surface area contributed by atoms with Crippen LogP contribution in [0.1, 0.15) is 34.8 Å². The van der Waals surface area contributed by atoms with Crippen LogP contribution in [0.5, 0.6) is 5.75 Å². The number of aromatic nitrogens is 2. The number of anilines is 1. The number of carbonyl (C=O) groups is 2. The summed E-state index contributed by atoms with van der Waals surface area (Å²) in [5, 5.41) is 2.71. The second kappa shape index (κ2) is 6.62. The molecule has 8 heteroatoms. The lowest BCUT2D eigenvalue weighted by Gasteiger charge is -2.32. The number of piperidine rings is 1. The number of fused-ring (bicyclic) bond motifs is 1. The topological polar surface area (TPSA) is 104 Å². The number of aromatic amines is 1. The molecule has 0 unspecified atom stereocenters. The summed E-state index contributed by atoms with van der Waals surface area (Å²) < 4.78 is 5.39. The molecule has 0 saturated carbocycles. The number of amides is 2. The predicted molar refractivity (Wildman–Crippen MR) is 93.3 cm³/mol. The summed E-state index contributed by atoms with van der Waals surface area (Å²) in [6.07, 6.45) is 3.13. The Balaban J connectivity index is 1.53. The molecule has 1 aromatic heterocycles. The van der Waals surface area contributed by atoms with Gasteiger partial charge in [-0.3, -0.25) is 14.4 Å². The average Bonchev–Trinajstić information content (AvgIpc) is 2.67. The van der Waals surface area contributed by atoms with E-state index in [4.69, 9.17) is 4.74 Å². The van der Waals surface area contributed by atoms with Crippen LogP contribution in [0.25, 0.3) is 0 Å². The van der Waals surface area contributed by atoms with Crippen molar-refractivity contribution in [2.45, 2.75) is 18.8 Å². The molecule has 0 bridgehead atoms. The Morgan fingerprint density at radius 1 is 1.27 bits per heavy atom. The van der Waals surface area contributed by atoms with E-state index >= 15 is 0 Å². The molecule has 2 amide bonds. The van der Waals surface area contributed by atoms with Crippen molar-refractivity contribution in [3.8, 4) is 5.75 Å². The quantitative estimate of drug-likeness (QED) is 0.841. The van der Waals surface area contributed by atoms with Gasteiger partial charge in [0.25, 0.3) is 17.4 Å². The van der Waals surface area contributed by atoms with Gasteiger partial charge in [0.15, 0.2) is 6.61 Å². The molecule has 8 nitrogen and oxygen atoms in total. The van der Waals surface area contributed by atoms with Crippen LogP contribution >= 0.6 is 0 Å². The van der Waals surface area contributed by atoms with Crippen molar-refractivity contribution in [2.75, 3.05) is 25.0 Å². The summed E-state index contributed by atoms with van der Waals surface area (Å²) >= 11 is 0. The third-order valence-corrected chi connectivity index (χ3v) is 4.69. The van der Waals surface area contributed by atoms with E-state index in [-0.39, 0.29) is 29.9 Å². The molecule has 0 aliphatic carbocycles. The lowest BCUT2D eigenvalue weighted by atomic mass is 9.94. The van der Waals surface area contributed by atoms with Gasteiger partial charge in [0.05, 0.1) is 17.7 Å². The van der Waals surface area contributed by atoms with E-state index < -0.39 is 0 Å². The van der Waals surface area contributed by atoms with E-state index in [0.717, 1.165) is 12.8 Å². The fraction of sp³-hybridized carbons (Fsp3) is 0.333. The largest absolute Gasteiger partial charge is 0.482 e. The molecule has 134 valence electrons. The molecular weight excluding hydrogens is 336 g/mol. The minimum Gasteiger partial charge on any atom is -0.482 e. The van der Waals surface area contributed by atoms with Crippen molar-refractivity contribution in [1.29, 1.82) is 0 Å². The third kappa shape index (κ3) is 3.17. The smallest absolute Gasteiger partial charge is 0.262 e. The van der Waals surface area contributed by atoms with Crippen LogP contribution in [0.15, 0.2) is 35.4 Å². The zero-order valence-corrected chi connectivity index (χ0v) is 14.0. The molecule has 0 spiro atoms. The Morgan fingerprint density at radius 3 is 3.00 bits per heavy atom. The van der Waals surface area contributed by atoms with Crippen molar-refractivity contribution in [2.24, 2.45) is 0 Å². The van der Waals surface area contributed by atoms with Crippen molar-refractivity contribution < 1.29 is 14.3 Å². The van der Waals surface area contributed by atoms with Crippen LogP contribution < -0.4 is 15.6 Å². The van der Waals surface area contributed by atoms with Gasteiger partial charge in [-0.1, -0.05) is 0 Å². The molecule has 4 rings (SSSR count). The number of H-pyrrole nitrogens is 1. The molecule has 1 fully saturated rings. The number of nitrogens with one attached hydrogen (secondary N) is 2. The first-order chi connectivity index (χ1) is 12.6. The van der Waals surface area contributed by atoms with Gasteiger partial charge in [-0.2, -0.15) is 0 Å². The van der Waals surface area contributed by atoms with Crippen molar-refractivity contribution in [3.05, 3.63) is 52.2 Å². The molecule has 1 saturated heterocycles. The molecule has 26 heavy (non-hydrogen) atoms. The second-order valence-electron chi connectivity index (χ2n) is 6.47. The second-order valence-corrected chi connectivity index (χ2v) is 6.47. The number of carbonyl (C=O) groups excluding carboxylic acids is 2. The summed E-state index contributed by atoms with van der Waals surface area (Å²) in [6, 6.07) is 6.52. The highest BCUT2D eigenvalue weighted by Crippen LogP contribution is 2.30. The predicted octanol–water partition coefficient (Wildman–Crippen LogP) is 1.12. The Morgan fingerprint density at radius 2 is 2.15 bits per heavy atom. The number of ether oxygens (including phenoxy) is 1. The van der Waals surface area contributed by atoms with Gasteiger partial charge >= 0.3 is 0 Å². The van der Waals surface area contributed by atoms with E-state index in [9.17, 15) is 14.4 Å². The van der Waals surface area contributed by atoms with Crippen molar-refractivity contribution >= 4 is 17.5 Å². The zero-order chi connectivity index (χ0) is 18.1. The van der Waals surface area contributed by atoms with Crippen LogP contribution in [0.4, 0.5) is 5.69 Å². The first kappa shape index (κ1) is 16.3. The summed E-state index contributed by atoms with van der Waals surface area (Å²) in [6.45, 7) is 1.13. The maximum Gasteiger partial charge on any atom is 0.262 e. The summed E-state index contributed by atoms with van der Waals surface area (Å²) in [7, 11) is 0. The van der Waals surface area contributed by atoms with Crippen LogP contribution in [0, 0.1) is 0 Å². The number of hydrogen-bond acceptors (Lipinski definition) is 5. The van der Waals surface area contributed by atoms with E-state index in [2.05, 4.69) is 15.3 Å². The van der Waals surface area contributed by atoms with Crippen LogP contribution in [0.3, 0.4) is 0 Å². The number of hydrogen-bond donors (Lipinski definition) is 2. The highest BCUT2D eigenvalue weighted by atomic mass is 16.5. The van der Waals surface area contributed by atoms with E-state index in [1.807, 2.05) is 0 Å². The highest BCUT2D eigenvalue weighted by molar-refractivity contribution is 5.99. The van der Waals surface area contributed by atoms with E-state index in [1.165, 1.54) is 12.4 Å². The molecule has 3 heterocycles. The SMILES string of the molecule is O=C1COc2cc(C(=O)N3CCC[C@@H](c4cc(=O)[nH]cn4)C3)ccc2N1. The summed E-state index contributed by atoms with van der Waals surface area (Å²) in [4.78, 5) is 44.3. The maximum atomic E-state index is 12.9. The molecule has 2 aromatic rings. The molecular formula is C18H18N4O4. The normalized spacial score (nSPS) is 19.3. The number of likely N-dealkylation sites (tertiary alicyclic amines) is 1. The lowest BCUT2D eigenvalue weighted by molar-refractivity contribution is -0.118. The van der Waals surface area contributed by atoms with Gasteiger partial charge in [0, 0.05) is 30.6 Å². The van der Waals surface area contributed by atoms with Crippen LogP contribution in [-0.2, 0) is 4.79 Å². The van der Waals surface area contributed by atoms with Crippen molar-refractivity contribution in [1.82, 2.24) is 14.9 Å². The Bertz CT molecular complexity index is 923. The van der Waals surface area contributed by atoms with Gasteiger partial charge in [0.2, 0.25) is 0 Å². The molecule has 0 radical (unpaired) electrons. The van der Waals surface area contributed by atoms with Gasteiger partial charge in [-0.15, -0.1) is 0 Å². The standard InChI is InChI=1S/C18H18N4O4/c23-16-7-14(19-10-20-16)12-2-1-5-22(8-12)18(25)11-3-4-13-15(6-11)26-9-17(24)21-13/h3-4,6-7,10,12H,1-2,5,8-9H2,(H,21,24)(H,19,20,23)/t12-/m1/s1. The third-order valence-electron chi connectivity index (χ3n) is 4.69. The van der Waals surface area contributed by atoms with Gasteiger partial charge in [0.1, 0.15) is 5.75 Å². The minimum atomic E-state index is -0.208. The first-order valence-electron chi connectivity index (χ1n) is 8.51. The average molecular weight is 354 g/mol. The summed E-state index contributed by atoms with van der Waals surface area (Å²) in [5.74, 6) is 0.243. The Kier molecular flexibility index (Phi) is 4.16. The number of rotatable bonds is 2. The van der Waals surface area contributed by atoms with E-state index in [1.54, 1.807) is 23.1 Å². The van der Waals surface area contributed by atoms with Crippen LogP contribution in [-0.4, -0.2) is 46.4 Å². The van der Waals surface area contributed by atoms with Gasteiger partial charge < -0.3 is 19.9 Å². The zero-order valence-electron chi connectivity index (χ0n) is 14.0. The minimum absolute atomic E-state index is 0.0446. The molecule has 1 aromatic carbocycles. The number of benzene rings is 1. The monoisotopic (exact) mass is 354 g/mol. The van der Waals surface area contributed by atoms with Crippen molar-refractivity contribution in [3.63, 3.8) is 0 Å². The van der Waals surface area contributed by atoms with Crippen LogP contribution in [0.2, 0.25) is 0 Å². The van der Waals surface area contributed by atoms with Gasteiger partial charge in [-0.05, 0) is 31.0 Å². The number of nitrogens with zero attached hydrogens (tertiary/aromatic N) is 2. The first-order valence-corrected chi connectivity index (χ1v) is 8.51. The van der Waals surface area contributed by atoms with E-state index in [0.29, 0.717) is 35.8 Å². The summed E-state index contributed by atoms with van der Waals surface area (Å²) in [5.41, 5.74) is 1.61. The molecule has 2 aliphatic heterocycles. The Hall–Kier alpha value is -3.16. The maximum absolute atomic E-state index is 12.9.